The van der Waals surface area contributed by atoms with Gasteiger partial charge in [-0.25, -0.2) is 0 Å². The molecule has 0 radical (unpaired) electrons. The van der Waals surface area contributed by atoms with Crippen molar-refractivity contribution in [2.45, 2.75) is 91.6 Å². The van der Waals surface area contributed by atoms with E-state index in [1.807, 2.05) is 0 Å². The molecule has 1 aromatic rings. The zero-order valence-corrected chi connectivity index (χ0v) is 20.0. The minimum atomic E-state index is -0.134. The van der Waals surface area contributed by atoms with Crippen molar-refractivity contribution in [2.24, 2.45) is 41.2 Å². The average Bonchev–Trinajstić information content (AvgIpc) is 2.68. The van der Waals surface area contributed by atoms with Gasteiger partial charge in [-0.3, -0.25) is 4.79 Å². The standard InChI is InChI=1S/C27H43NO2/c1-17(2)22-13-14-27(6,16-24(22)26(28)29)20-8-10-21(11-9-20)30-25-15-19(5)7-12-23(25)18(3)4/h8-11,17-19,22-25H,7,12-16H2,1-6H3,(H2,28,29). The molecule has 168 valence electrons. The molecule has 0 bridgehead atoms. The molecular weight excluding hydrogens is 370 g/mol. The van der Waals surface area contributed by atoms with Crippen molar-refractivity contribution in [3.8, 4) is 5.75 Å². The molecule has 3 heteroatoms. The molecule has 6 atom stereocenters. The number of hydrogen-bond acceptors (Lipinski definition) is 2. The summed E-state index contributed by atoms with van der Waals surface area (Å²) < 4.78 is 6.51. The molecule has 0 aromatic heterocycles. The fraction of sp³-hybridized carbons (Fsp3) is 0.741. The maximum Gasteiger partial charge on any atom is 0.220 e. The molecule has 0 spiro atoms. The van der Waals surface area contributed by atoms with Crippen LogP contribution in [0.4, 0.5) is 0 Å². The first-order chi connectivity index (χ1) is 14.1. The number of benzene rings is 1. The highest BCUT2D eigenvalue weighted by molar-refractivity contribution is 5.77. The highest BCUT2D eigenvalue weighted by Gasteiger charge is 2.42. The highest BCUT2D eigenvalue weighted by atomic mass is 16.5. The Labute approximate surface area is 184 Å². The molecule has 0 aliphatic heterocycles. The first kappa shape index (κ1) is 23.2. The van der Waals surface area contributed by atoms with Gasteiger partial charge in [-0.2, -0.15) is 0 Å². The van der Waals surface area contributed by atoms with Crippen LogP contribution in [0.15, 0.2) is 24.3 Å². The molecule has 0 heterocycles. The molecule has 0 saturated heterocycles. The number of amides is 1. The number of carbonyl (C=O) groups excluding carboxylic acids is 1. The van der Waals surface area contributed by atoms with Gasteiger partial charge >= 0.3 is 0 Å². The Bertz CT molecular complexity index is 710. The van der Waals surface area contributed by atoms with E-state index in [-0.39, 0.29) is 17.2 Å². The highest BCUT2D eigenvalue weighted by Crippen LogP contribution is 2.47. The summed E-state index contributed by atoms with van der Waals surface area (Å²) >= 11 is 0. The van der Waals surface area contributed by atoms with Crippen molar-refractivity contribution in [3.63, 3.8) is 0 Å². The van der Waals surface area contributed by atoms with E-state index in [4.69, 9.17) is 10.5 Å². The van der Waals surface area contributed by atoms with Crippen LogP contribution in [0, 0.1) is 35.5 Å². The van der Waals surface area contributed by atoms with E-state index in [2.05, 4.69) is 65.8 Å². The van der Waals surface area contributed by atoms with Crippen LogP contribution in [0.25, 0.3) is 0 Å². The van der Waals surface area contributed by atoms with E-state index in [1.54, 1.807) is 0 Å². The Morgan fingerprint density at radius 3 is 2.23 bits per heavy atom. The molecule has 2 N–H and O–H groups in total. The molecule has 2 saturated carbocycles. The second-order valence-corrected chi connectivity index (χ2v) is 11.2. The first-order valence-electron chi connectivity index (χ1n) is 12.2. The van der Waals surface area contributed by atoms with Gasteiger partial charge in [0, 0.05) is 5.92 Å². The maximum atomic E-state index is 12.2. The van der Waals surface area contributed by atoms with E-state index < -0.39 is 0 Å². The lowest BCUT2D eigenvalue weighted by molar-refractivity contribution is -0.126. The topological polar surface area (TPSA) is 52.3 Å². The molecule has 3 nitrogen and oxygen atoms in total. The van der Waals surface area contributed by atoms with Crippen molar-refractivity contribution in [2.75, 3.05) is 0 Å². The van der Waals surface area contributed by atoms with Gasteiger partial charge < -0.3 is 10.5 Å². The lowest BCUT2D eigenvalue weighted by Crippen LogP contribution is -2.43. The molecular formula is C27H43NO2. The SMILES string of the molecule is CC1CCC(C(C)C)C(Oc2ccc(C3(C)CCC(C(C)C)C(C(N)=O)C3)cc2)C1. The third kappa shape index (κ3) is 5.03. The van der Waals surface area contributed by atoms with Crippen LogP contribution in [0.3, 0.4) is 0 Å². The maximum absolute atomic E-state index is 12.2. The van der Waals surface area contributed by atoms with Crippen molar-refractivity contribution in [1.82, 2.24) is 0 Å². The van der Waals surface area contributed by atoms with Gasteiger partial charge in [0.1, 0.15) is 11.9 Å². The Kier molecular flexibility index (Phi) is 7.20. The smallest absolute Gasteiger partial charge is 0.220 e. The monoisotopic (exact) mass is 413 g/mol. The van der Waals surface area contributed by atoms with Crippen LogP contribution in [-0.2, 0) is 10.2 Å². The summed E-state index contributed by atoms with van der Waals surface area (Å²) in [6.07, 6.45) is 7.07. The fourth-order valence-corrected chi connectivity index (χ4v) is 6.16. The predicted molar refractivity (Wildman–Crippen MR) is 124 cm³/mol. The van der Waals surface area contributed by atoms with Gasteiger partial charge in [0.15, 0.2) is 0 Å². The van der Waals surface area contributed by atoms with E-state index >= 15 is 0 Å². The lowest BCUT2D eigenvalue weighted by Gasteiger charge is -2.43. The van der Waals surface area contributed by atoms with Crippen molar-refractivity contribution in [3.05, 3.63) is 29.8 Å². The minimum Gasteiger partial charge on any atom is -0.490 e. The number of primary amides is 1. The Hall–Kier alpha value is -1.51. The van der Waals surface area contributed by atoms with Crippen LogP contribution in [0.2, 0.25) is 0 Å². The average molecular weight is 414 g/mol. The summed E-state index contributed by atoms with van der Waals surface area (Å²) in [6, 6.07) is 8.73. The van der Waals surface area contributed by atoms with Crippen LogP contribution in [0.5, 0.6) is 5.75 Å². The van der Waals surface area contributed by atoms with Crippen LogP contribution < -0.4 is 10.5 Å². The second-order valence-electron chi connectivity index (χ2n) is 11.2. The molecule has 1 amide bonds. The molecule has 2 aliphatic carbocycles. The molecule has 30 heavy (non-hydrogen) atoms. The van der Waals surface area contributed by atoms with E-state index in [1.165, 1.54) is 18.4 Å². The van der Waals surface area contributed by atoms with Gasteiger partial charge in [-0.1, -0.05) is 60.1 Å². The number of carbonyl (C=O) groups is 1. The molecule has 6 unspecified atom stereocenters. The third-order valence-electron chi connectivity index (χ3n) is 8.24. The summed E-state index contributed by atoms with van der Waals surface area (Å²) in [5, 5.41) is 0. The Morgan fingerprint density at radius 2 is 1.67 bits per heavy atom. The lowest BCUT2D eigenvalue weighted by atomic mass is 9.61. The molecule has 2 aliphatic rings. The molecule has 3 rings (SSSR count). The van der Waals surface area contributed by atoms with Gasteiger partial charge in [0.2, 0.25) is 5.91 Å². The number of rotatable bonds is 6. The normalized spacial score (nSPS) is 34.9. The number of hydrogen-bond donors (Lipinski definition) is 1. The van der Waals surface area contributed by atoms with E-state index in [0.29, 0.717) is 29.8 Å². The van der Waals surface area contributed by atoms with Crippen LogP contribution in [0.1, 0.15) is 85.6 Å². The van der Waals surface area contributed by atoms with Gasteiger partial charge in [0.05, 0.1) is 0 Å². The van der Waals surface area contributed by atoms with E-state index in [0.717, 1.165) is 37.4 Å². The van der Waals surface area contributed by atoms with Gasteiger partial charge in [-0.05, 0) is 84.8 Å². The zero-order valence-electron chi connectivity index (χ0n) is 20.0. The zero-order chi connectivity index (χ0) is 22.1. The summed E-state index contributed by atoms with van der Waals surface area (Å²) in [5.41, 5.74) is 7.12. The molecule has 2 fully saturated rings. The summed E-state index contributed by atoms with van der Waals surface area (Å²) in [7, 11) is 0. The fourth-order valence-electron chi connectivity index (χ4n) is 6.16. The number of nitrogens with two attached hydrogens (primary N) is 1. The minimum absolute atomic E-state index is 0.00341. The Balaban J connectivity index is 1.72. The van der Waals surface area contributed by atoms with E-state index in [9.17, 15) is 4.79 Å². The van der Waals surface area contributed by atoms with Crippen molar-refractivity contribution >= 4 is 5.91 Å². The number of ether oxygens (including phenoxy) is 1. The quantitative estimate of drug-likeness (QED) is 0.591. The van der Waals surface area contributed by atoms with Crippen LogP contribution >= 0.6 is 0 Å². The van der Waals surface area contributed by atoms with Crippen molar-refractivity contribution < 1.29 is 9.53 Å². The van der Waals surface area contributed by atoms with Gasteiger partial charge in [-0.15, -0.1) is 0 Å². The Morgan fingerprint density at radius 1 is 1.03 bits per heavy atom. The summed E-state index contributed by atoms with van der Waals surface area (Å²) in [4.78, 5) is 12.2. The second kappa shape index (κ2) is 9.32. The summed E-state index contributed by atoms with van der Waals surface area (Å²) in [5.74, 6) is 3.75. The predicted octanol–water partition coefficient (Wildman–Crippen LogP) is 6.34. The largest absolute Gasteiger partial charge is 0.490 e. The summed E-state index contributed by atoms with van der Waals surface area (Å²) in [6.45, 7) is 13.7. The first-order valence-corrected chi connectivity index (χ1v) is 12.2. The van der Waals surface area contributed by atoms with Gasteiger partial charge in [0.25, 0.3) is 0 Å². The molecule has 1 aromatic carbocycles. The van der Waals surface area contributed by atoms with Crippen LogP contribution in [-0.4, -0.2) is 12.0 Å². The third-order valence-corrected chi connectivity index (χ3v) is 8.24. The van der Waals surface area contributed by atoms with Crippen molar-refractivity contribution in [1.29, 1.82) is 0 Å².